The number of benzene rings is 1. The Morgan fingerprint density at radius 3 is 2.79 bits per heavy atom. The molecular weight excluding hydrogens is 395 g/mol. The van der Waals surface area contributed by atoms with Gasteiger partial charge in [0.05, 0.1) is 16.8 Å². The molecule has 1 aliphatic rings. The molecule has 0 aliphatic carbocycles. The van der Waals surface area contributed by atoms with E-state index in [4.69, 9.17) is 4.98 Å². The van der Waals surface area contributed by atoms with Gasteiger partial charge in [0.2, 0.25) is 0 Å². The normalized spacial score (nSPS) is 15.8. The van der Waals surface area contributed by atoms with Gasteiger partial charge < -0.3 is 10.2 Å². The molecule has 28 heavy (non-hydrogen) atoms. The molecule has 148 valence electrons. The van der Waals surface area contributed by atoms with Crippen LogP contribution in [-0.4, -0.2) is 47.5 Å². The highest BCUT2D eigenvalue weighted by molar-refractivity contribution is 6.07. The van der Waals surface area contributed by atoms with Gasteiger partial charge in [0.15, 0.2) is 0 Å². The van der Waals surface area contributed by atoms with Crippen molar-refractivity contribution in [2.75, 3.05) is 26.7 Å². The lowest BCUT2D eigenvalue weighted by atomic mass is 10.0. The Morgan fingerprint density at radius 2 is 2.04 bits per heavy atom. The van der Waals surface area contributed by atoms with Crippen molar-refractivity contribution in [2.45, 2.75) is 6.42 Å². The quantitative estimate of drug-likeness (QED) is 0.699. The number of amides is 1. The molecule has 0 radical (unpaired) electrons. The van der Waals surface area contributed by atoms with E-state index in [1.807, 2.05) is 54.4 Å². The lowest BCUT2D eigenvalue weighted by molar-refractivity contribution is 0.0789. The fraction of sp³-hybridized carbons (Fsp3) is 0.286. The number of carbonyl (C=O) groups excluding carboxylic acids is 1. The van der Waals surface area contributed by atoms with Gasteiger partial charge in [0, 0.05) is 36.4 Å². The highest BCUT2D eigenvalue weighted by Crippen LogP contribution is 2.27. The van der Waals surface area contributed by atoms with Crippen molar-refractivity contribution in [3.8, 4) is 11.3 Å². The van der Waals surface area contributed by atoms with Gasteiger partial charge in [-0.05, 0) is 50.2 Å². The second kappa shape index (κ2) is 9.82. The van der Waals surface area contributed by atoms with Crippen molar-refractivity contribution in [1.29, 1.82) is 0 Å². The van der Waals surface area contributed by atoms with Crippen LogP contribution in [0.15, 0.2) is 54.9 Å². The fourth-order valence-electron chi connectivity index (χ4n) is 3.66. The molecule has 1 aromatic carbocycles. The van der Waals surface area contributed by atoms with Crippen LogP contribution in [0.2, 0.25) is 0 Å². The number of carbonyl (C=O) groups is 1. The highest BCUT2D eigenvalue weighted by atomic mass is 35.5. The molecule has 1 atom stereocenters. The summed E-state index contributed by atoms with van der Waals surface area (Å²) in [6, 6.07) is 13.6. The number of nitrogens with one attached hydrogen (secondary N) is 1. The average Bonchev–Trinajstić information content (AvgIpc) is 3.16. The third kappa shape index (κ3) is 4.43. The number of halogens is 2. The first-order valence-corrected chi connectivity index (χ1v) is 9.00. The molecule has 1 fully saturated rings. The van der Waals surface area contributed by atoms with E-state index in [-0.39, 0.29) is 30.7 Å². The molecule has 4 rings (SSSR count). The number of hydrogen-bond donors (Lipinski definition) is 1. The van der Waals surface area contributed by atoms with E-state index in [2.05, 4.69) is 10.3 Å². The van der Waals surface area contributed by atoms with Gasteiger partial charge in [-0.15, -0.1) is 24.8 Å². The lowest BCUT2D eigenvalue weighted by Gasteiger charge is -2.18. The van der Waals surface area contributed by atoms with Gasteiger partial charge in [-0.2, -0.15) is 0 Å². The molecule has 1 unspecified atom stereocenters. The Labute approximate surface area is 177 Å². The molecule has 5 nitrogen and oxygen atoms in total. The van der Waals surface area contributed by atoms with Crippen LogP contribution < -0.4 is 5.32 Å². The standard InChI is InChI=1S/C21H22N4O.2ClH/c1-22-12-15-8-10-25(14-15)21(26)18-11-20(16-5-4-9-23-13-16)24-19-7-3-2-6-17(18)19;;/h2-7,9,11,13,15,22H,8,10,12,14H2,1H3;2*1H. The van der Waals surface area contributed by atoms with E-state index < -0.39 is 0 Å². The predicted molar refractivity (Wildman–Crippen MR) is 117 cm³/mol. The van der Waals surface area contributed by atoms with Gasteiger partial charge in [0.1, 0.15) is 0 Å². The van der Waals surface area contributed by atoms with Crippen molar-refractivity contribution >= 4 is 41.6 Å². The number of aromatic nitrogens is 2. The monoisotopic (exact) mass is 418 g/mol. The minimum Gasteiger partial charge on any atom is -0.338 e. The van der Waals surface area contributed by atoms with E-state index in [0.29, 0.717) is 5.92 Å². The van der Waals surface area contributed by atoms with Gasteiger partial charge in [-0.25, -0.2) is 4.98 Å². The number of pyridine rings is 2. The summed E-state index contributed by atoms with van der Waals surface area (Å²) in [6.45, 7) is 2.56. The Balaban J connectivity index is 0.00000140. The number of rotatable bonds is 4. The van der Waals surface area contributed by atoms with E-state index in [1.54, 1.807) is 12.4 Å². The van der Waals surface area contributed by atoms with Crippen LogP contribution in [0.1, 0.15) is 16.8 Å². The van der Waals surface area contributed by atoms with Crippen LogP contribution in [0.3, 0.4) is 0 Å². The molecule has 0 spiro atoms. The van der Waals surface area contributed by atoms with E-state index in [9.17, 15) is 4.79 Å². The smallest absolute Gasteiger partial charge is 0.254 e. The van der Waals surface area contributed by atoms with Crippen molar-refractivity contribution in [3.63, 3.8) is 0 Å². The third-order valence-electron chi connectivity index (χ3n) is 4.97. The fourth-order valence-corrected chi connectivity index (χ4v) is 3.66. The Hall–Kier alpha value is -2.21. The Bertz CT molecular complexity index is 936. The van der Waals surface area contributed by atoms with Crippen molar-refractivity contribution < 1.29 is 4.79 Å². The second-order valence-corrected chi connectivity index (χ2v) is 6.78. The van der Waals surface area contributed by atoms with Crippen LogP contribution in [-0.2, 0) is 0 Å². The summed E-state index contributed by atoms with van der Waals surface area (Å²) in [5.74, 6) is 0.613. The minimum atomic E-state index is 0. The molecular formula is C21H24Cl2N4O. The first-order valence-electron chi connectivity index (χ1n) is 9.00. The summed E-state index contributed by atoms with van der Waals surface area (Å²) < 4.78 is 0. The van der Waals surface area contributed by atoms with Crippen LogP contribution in [0.4, 0.5) is 0 Å². The zero-order valence-corrected chi connectivity index (χ0v) is 17.3. The number of para-hydroxylation sites is 1. The predicted octanol–water partition coefficient (Wildman–Crippen LogP) is 3.82. The molecule has 0 saturated carbocycles. The molecule has 7 heteroatoms. The zero-order chi connectivity index (χ0) is 17.9. The minimum absolute atomic E-state index is 0. The van der Waals surface area contributed by atoms with Gasteiger partial charge >= 0.3 is 0 Å². The maximum Gasteiger partial charge on any atom is 0.254 e. The molecule has 1 aliphatic heterocycles. The summed E-state index contributed by atoms with van der Waals surface area (Å²) in [7, 11) is 1.96. The van der Waals surface area contributed by atoms with Crippen LogP contribution in [0.25, 0.3) is 22.2 Å². The van der Waals surface area contributed by atoms with E-state index >= 15 is 0 Å². The van der Waals surface area contributed by atoms with E-state index in [1.165, 1.54) is 0 Å². The van der Waals surface area contributed by atoms with Crippen molar-refractivity contribution in [2.24, 2.45) is 5.92 Å². The molecule has 2 aromatic heterocycles. The van der Waals surface area contributed by atoms with Gasteiger partial charge in [0.25, 0.3) is 5.91 Å². The lowest BCUT2D eigenvalue weighted by Crippen LogP contribution is -2.30. The van der Waals surface area contributed by atoms with Crippen LogP contribution >= 0.6 is 24.8 Å². The summed E-state index contributed by atoms with van der Waals surface area (Å²) in [4.78, 5) is 24.1. The highest BCUT2D eigenvalue weighted by Gasteiger charge is 2.27. The number of hydrogen-bond acceptors (Lipinski definition) is 4. The maximum absolute atomic E-state index is 13.3. The largest absolute Gasteiger partial charge is 0.338 e. The van der Waals surface area contributed by atoms with Gasteiger partial charge in [-0.1, -0.05) is 18.2 Å². The third-order valence-corrected chi connectivity index (χ3v) is 4.97. The van der Waals surface area contributed by atoms with Crippen LogP contribution in [0.5, 0.6) is 0 Å². The molecule has 0 bridgehead atoms. The Morgan fingerprint density at radius 1 is 1.21 bits per heavy atom. The number of fused-ring (bicyclic) bond motifs is 1. The number of nitrogens with zero attached hydrogens (tertiary/aromatic N) is 3. The van der Waals surface area contributed by atoms with Crippen LogP contribution in [0, 0.1) is 5.92 Å². The Kier molecular flexibility index (Phi) is 7.75. The summed E-state index contributed by atoms with van der Waals surface area (Å²) >= 11 is 0. The SMILES string of the molecule is CNCC1CCN(C(=O)c2cc(-c3cccnc3)nc3ccccc23)C1.Cl.Cl. The molecule has 3 aromatic rings. The molecule has 1 amide bonds. The summed E-state index contributed by atoms with van der Waals surface area (Å²) in [5.41, 5.74) is 3.26. The van der Waals surface area contributed by atoms with E-state index in [0.717, 1.165) is 53.8 Å². The maximum atomic E-state index is 13.3. The molecule has 3 heterocycles. The van der Waals surface area contributed by atoms with Crippen molar-refractivity contribution in [1.82, 2.24) is 20.2 Å². The first-order chi connectivity index (χ1) is 12.8. The van der Waals surface area contributed by atoms with Gasteiger partial charge in [-0.3, -0.25) is 9.78 Å². The summed E-state index contributed by atoms with van der Waals surface area (Å²) in [6.07, 6.45) is 4.57. The van der Waals surface area contributed by atoms with Crippen molar-refractivity contribution in [3.05, 3.63) is 60.4 Å². The molecule has 1 N–H and O–H groups in total. The topological polar surface area (TPSA) is 58.1 Å². The average molecular weight is 419 g/mol. The summed E-state index contributed by atoms with van der Waals surface area (Å²) in [5, 5.41) is 4.12. The second-order valence-electron chi connectivity index (χ2n) is 6.78. The molecule has 1 saturated heterocycles. The number of likely N-dealkylation sites (tertiary alicyclic amines) is 1. The zero-order valence-electron chi connectivity index (χ0n) is 15.7. The first kappa shape index (κ1) is 22.1.